The number of hydrogen-bond donors (Lipinski definition) is 3. The van der Waals surface area contributed by atoms with Crippen LogP contribution >= 0.6 is 0 Å². The fraction of sp³-hybridized carbons (Fsp3) is 0.545. The second-order valence-electron chi connectivity index (χ2n) is 4.12. The molecule has 0 bridgehead atoms. The number of hydrogen-bond acceptors (Lipinski definition) is 7. The van der Waals surface area contributed by atoms with Crippen molar-refractivity contribution in [2.75, 3.05) is 38.1 Å². The maximum absolute atomic E-state index is 11.5. The quantitative estimate of drug-likeness (QED) is 0.475. The summed E-state index contributed by atoms with van der Waals surface area (Å²) in [5.74, 6) is 6.56. The van der Waals surface area contributed by atoms with Crippen LogP contribution in [0.5, 0.6) is 5.75 Å². The van der Waals surface area contributed by atoms with Crippen LogP contribution < -0.4 is 26.2 Å². The number of carbonyl (C=O) groups excluding carboxylic acids is 1. The highest BCUT2D eigenvalue weighted by Gasteiger charge is 2.19. The van der Waals surface area contributed by atoms with Crippen molar-refractivity contribution >= 4 is 17.5 Å². The summed E-state index contributed by atoms with van der Waals surface area (Å²) in [6.45, 7) is 2.34. The van der Waals surface area contributed by atoms with Gasteiger partial charge in [-0.3, -0.25) is 4.79 Å². The second kappa shape index (κ2) is 6.74. The molecule has 0 aliphatic heterocycles. The molecule has 1 rings (SSSR count). The first-order valence-electron chi connectivity index (χ1n) is 5.83. The number of methoxy groups -OCH3 is 1. The molecule has 106 valence electrons. The Morgan fingerprint density at radius 3 is 2.79 bits per heavy atom. The molecule has 1 unspecified atom stereocenters. The lowest BCUT2D eigenvalue weighted by Crippen LogP contribution is -2.35. The van der Waals surface area contributed by atoms with Crippen LogP contribution in [-0.4, -0.2) is 43.6 Å². The molecule has 0 aliphatic carbocycles. The molecule has 8 nitrogen and oxygen atoms in total. The predicted molar refractivity (Wildman–Crippen MR) is 72.9 cm³/mol. The Balaban J connectivity index is 2.93. The van der Waals surface area contributed by atoms with E-state index in [2.05, 4.69) is 20.7 Å². The highest BCUT2D eigenvalue weighted by molar-refractivity contribution is 5.78. The van der Waals surface area contributed by atoms with E-state index in [0.29, 0.717) is 23.9 Å². The van der Waals surface area contributed by atoms with Gasteiger partial charge in [-0.1, -0.05) is 6.92 Å². The van der Waals surface area contributed by atoms with E-state index in [9.17, 15) is 4.79 Å². The van der Waals surface area contributed by atoms with Crippen LogP contribution in [0.3, 0.4) is 0 Å². The Morgan fingerprint density at radius 2 is 2.26 bits per heavy atom. The highest BCUT2D eigenvalue weighted by atomic mass is 16.5. The van der Waals surface area contributed by atoms with Crippen molar-refractivity contribution < 1.29 is 9.53 Å². The van der Waals surface area contributed by atoms with Crippen LogP contribution in [-0.2, 0) is 4.79 Å². The first-order chi connectivity index (χ1) is 9.04. The Kier molecular flexibility index (Phi) is 5.31. The van der Waals surface area contributed by atoms with Crippen molar-refractivity contribution in [3.8, 4) is 5.75 Å². The van der Waals surface area contributed by atoms with Gasteiger partial charge in [0.05, 0.1) is 13.0 Å². The monoisotopic (exact) mass is 268 g/mol. The summed E-state index contributed by atoms with van der Waals surface area (Å²) in [7, 11) is 4.95. The third-order valence-electron chi connectivity index (χ3n) is 2.73. The van der Waals surface area contributed by atoms with E-state index >= 15 is 0 Å². The van der Waals surface area contributed by atoms with Crippen LogP contribution in [0.4, 0.5) is 11.6 Å². The number of ether oxygens (including phenoxy) is 1. The second-order valence-corrected chi connectivity index (χ2v) is 4.12. The molecule has 19 heavy (non-hydrogen) atoms. The van der Waals surface area contributed by atoms with Gasteiger partial charge in [0.2, 0.25) is 11.7 Å². The summed E-state index contributed by atoms with van der Waals surface area (Å²) in [6, 6.07) is 0. The van der Waals surface area contributed by atoms with Crippen molar-refractivity contribution in [3.63, 3.8) is 0 Å². The number of amides is 1. The number of nitrogens with two attached hydrogens (primary N) is 1. The molecule has 8 heteroatoms. The van der Waals surface area contributed by atoms with E-state index in [1.54, 1.807) is 7.05 Å². The summed E-state index contributed by atoms with van der Waals surface area (Å²) in [5.41, 5.74) is 2.45. The summed E-state index contributed by atoms with van der Waals surface area (Å²) in [6.07, 6.45) is 1.38. The predicted octanol–water partition coefficient (Wildman–Crippen LogP) is -0.411. The lowest BCUT2D eigenvalue weighted by molar-refractivity contribution is -0.123. The number of hydrazine groups is 1. The standard InChI is InChI=1S/C11H20N6O2/c1-7(11(18)13-2)5-17(3)10-8(19-4)9(16-12)14-6-15-10/h6-7H,5,12H2,1-4H3,(H,13,18)(H,14,15,16). The molecular formula is C11H20N6O2. The minimum Gasteiger partial charge on any atom is -0.490 e. The van der Waals surface area contributed by atoms with Gasteiger partial charge in [0.1, 0.15) is 6.33 Å². The molecule has 0 saturated carbocycles. The molecule has 1 aromatic rings. The zero-order valence-electron chi connectivity index (χ0n) is 11.6. The molecule has 0 fully saturated rings. The first-order valence-corrected chi connectivity index (χ1v) is 5.83. The smallest absolute Gasteiger partial charge is 0.224 e. The Morgan fingerprint density at radius 1 is 1.58 bits per heavy atom. The Labute approximate surface area is 112 Å². The lowest BCUT2D eigenvalue weighted by Gasteiger charge is -2.23. The number of anilines is 2. The third kappa shape index (κ3) is 3.44. The van der Waals surface area contributed by atoms with Gasteiger partial charge >= 0.3 is 0 Å². The number of nitrogens with zero attached hydrogens (tertiary/aromatic N) is 3. The van der Waals surface area contributed by atoms with Crippen LogP contribution in [0, 0.1) is 5.92 Å². The fourth-order valence-corrected chi connectivity index (χ4v) is 1.75. The molecule has 0 aliphatic rings. The number of carbonyl (C=O) groups is 1. The van der Waals surface area contributed by atoms with Crippen molar-refractivity contribution in [2.45, 2.75) is 6.92 Å². The normalized spacial score (nSPS) is 11.6. The number of rotatable bonds is 6. The number of aromatic nitrogens is 2. The topological polar surface area (TPSA) is 105 Å². The van der Waals surface area contributed by atoms with Gasteiger partial charge in [0.15, 0.2) is 11.6 Å². The van der Waals surface area contributed by atoms with Crippen LogP contribution in [0.1, 0.15) is 6.92 Å². The maximum Gasteiger partial charge on any atom is 0.224 e. The van der Waals surface area contributed by atoms with E-state index in [0.717, 1.165) is 0 Å². The molecule has 1 atom stereocenters. The van der Waals surface area contributed by atoms with Gasteiger partial charge in [0, 0.05) is 20.6 Å². The molecule has 4 N–H and O–H groups in total. The zero-order valence-corrected chi connectivity index (χ0v) is 11.6. The Hall–Kier alpha value is -2.09. The minimum absolute atomic E-state index is 0.0305. The van der Waals surface area contributed by atoms with Gasteiger partial charge in [-0.2, -0.15) is 0 Å². The molecule has 0 spiro atoms. The largest absolute Gasteiger partial charge is 0.490 e. The van der Waals surface area contributed by atoms with E-state index < -0.39 is 0 Å². The van der Waals surface area contributed by atoms with E-state index in [1.165, 1.54) is 13.4 Å². The lowest BCUT2D eigenvalue weighted by atomic mass is 10.1. The molecule has 0 radical (unpaired) electrons. The average molecular weight is 268 g/mol. The third-order valence-corrected chi connectivity index (χ3v) is 2.73. The molecule has 1 amide bonds. The van der Waals surface area contributed by atoms with Crippen molar-refractivity contribution in [3.05, 3.63) is 6.33 Å². The number of nitrogen functional groups attached to an aromatic ring is 1. The van der Waals surface area contributed by atoms with Gasteiger partial charge < -0.3 is 20.4 Å². The highest BCUT2D eigenvalue weighted by Crippen LogP contribution is 2.30. The SMILES string of the molecule is CNC(=O)C(C)CN(C)c1ncnc(NN)c1OC. The summed E-state index contributed by atoms with van der Waals surface area (Å²) < 4.78 is 5.25. The molecular weight excluding hydrogens is 248 g/mol. The molecule has 1 aromatic heterocycles. The maximum atomic E-state index is 11.5. The van der Waals surface area contributed by atoms with Gasteiger partial charge in [-0.25, -0.2) is 15.8 Å². The van der Waals surface area contributed by atoms with Gasteiger partial charge in [0.25, 0.3) is 0 Å². The Bertz CT molecular complexity index is 439. The van der Waals surface area contributed by atoms with E-state index in [4.69, 9.17) is 10.6 Å². The first kappa shape index (κ1) is 15.0. The summed E-state index contributed by atoms with van der Waals surface area (Å²) in [4.78, 5) is 21.5. The van der Waals surface area contributed by atoms with Gasteiger partial charge in [-0.15, -0.1) is 0 Å². The average Bonchev–Trinajstić information content (AvgIpc) is 2.44. The fourth-order valence-electron chi connectivity index (χ4n) is 1.75. The van der Waals surface area contributed by atoms with Crippen molar-refractivity contribution in [2.24, 2.45) is 11.8 Å². The molecule has 1 heterocycles. The van der Waals surface area contributed by atoms with E-state index in [-0.39, 0.29) is 11.8 Å². The molecule has 0 aromatic carbocycles. The minimum atomic E-state index is -0.177. The van der Waals surface area contributed by atoms with Crippen LogP contribution in [0.15, 0.2) is 6.33 Å². The van der Waals surface area contributed by atoms with Crippen molar-refractivity contribution in [1.82, 2.24) is 15.3 Å². The zero-order chi connectivity index (χ0) is 14.4. The van der Waals surface area contributed by atoms with Gasteiger partial charge in [-0.05, 0) is 0 Å². The summed E-state index contributed by atoms with van der Waals surface area (Å²) >= 11 is 0. The molecule has 0 saturated heterocycles. The number of nitrogens with one attached hydrogen (secondary N) is 2. The van der Waals surface area contributed by atoms with Crippen LogP contribution in [0.2, 0.25) is 0 Å². The summed E-state index contributed by atoms with van der Waals surface area (Å²) in [5, 5.41) is 2.61. The van der Waals surface area contributed by atoms with Crippen molar-refractivity contribution in [1.29, 1.82) is 0 Å². The van der Waals surface area contributed by atoms with Crippen LogP contribution in [0.25, 0.3) is 0 Å². The van der Waals surface area contributed by atoms with E-state index in [1.807, 2.05) is 18.9 Å².